The number of para-hydroxylation sites is 1. The van der Waals surface area contributed by atoms with Gasteiger partial charge >= 0.3 is 5.97 Å². The van der Waals surface area contributed by atoms with Gasteiger partial charge in [-0.25, -0.2) is 0 Å². The van der Waals surface area contributed by atoms with Crippen molar-refractivity contribution in [3.63, 3.8) is 0 Å². The van der Waals surface area contributed by atoms with Gasteiger partial charge in [0.1, 0.15) is 11.3 Å². The molecule has 5 nitrogen and oxygen atoms in total. The molecule has 2 aromatic rings. The van der Waals surface area contributed by atoms with Crippen LogP contribution in [0.5, 0.6) is 0 Å². The number of ketones is 1. The first-order valence-corrected chi connectivity index (χ1v) is 6.88. The number of nitrogens with one attached hydrogen (secondary N) is 1. The Kier molecular flexibility index (Phi) is 4.43. The number of nitrogens with two attached hydrogens (primary N) is 1. The number of aromatic nitrogens is 1. The SMILES string of the molecule is COC(=O)C(N)(CCC(C)=O)Cc1c[nH]c2ccccc12. The number of rotatable bonds is 6. The van der Waals surface area contributed by atoms with Crippen LogP contribution in [-0.4, -0.2) is 29.4 Å². The van der Waals surface area contributed by atoms with Crippen molar-refractivity contribution < 1.29 is 14.3 Å². The summed E-state index contributed by atoms with van der Waals surface area (Å²) in [6, 6.07) is 7.81. The van der Waals surface area contributed by atoms with E-state index in [2.05, 4.69) is 4.98 Å². The van der Waals surface area contributed by atoms with E-state index in [1.54, 1.807) is 0 Å². The molecular weight excluding hydrogens is 268 g/mol. The monoisotopic (exact) mass is 288 g/mol. The Balaban J connectivity index is 2.29. The maximum absolute atomic E-state index is 12.0. The molecule has 1 atom stereocenters. The first-order chi connectivity index (χ1) is 9.96. The van der Waals surface area contributed by atoms with Crippen molar-refractivity contribution in [2.24, 2.45) is 5.73 Å². The zero-order valence-corrected chi connectivity index (χ0v) is 12.3. The number of esters is 1. The number of carbonyl (C=O) groups excluding carboxylic acids is 2. The summed E-state index contributed by atoms with van der Waals surface area (Å²) in [5, 5.41) is 1.03. The lowest BCUT2D eigenvalue weighted by Crippen LogP contribution is -2.50. The molecule has 0 saturated heterocycles. The van der Waals surface area contributed by atoms with Gasteiger partial charge in [0.2, 0.25) is 0 Å². The average Bonchev–Trinajstić information content (AvgIpc) is 2.87. The topological polar surface area (TPSA) is 85.2 Å². The van der Waals surface area contributed by atoms with Crippen molar-refractivity contribution in [3.8, 4) is 0 Å². The summed E-state index contributed by atoms with van der Waals surface area (Å²) in [5.41, 5.74) is 6.99. The van der Waals surface area contributed by atoms with E-state index in [9.17, 15) is 9.59 Å². The Bertz CT molecular complexity index is 662. The van der Waals surface area contributed by atoms with Gasteiger partial charge in [0, 0.05) is 29.9 Å². The van der Waals surface area contributed by atoms with Gasteiger partial charge in [-0.05, 0) is 25.0 Å². The van der Waals surface area contributed by atoms with Crippen molar-refractivity contribution in [2.75, 3.05) is 7.11 Å². The molecule has 2 rings (SSSR count). The highest BCUT2D eigenvalue weighted by molar-refractivity contribution is 5.86. The van der Waals surface area contributed by atoms with Crippen LogP contribution >= 0.6 is 0 Å². The van der Waals surface area contributed by atoms with E-state index >= 15 is 0 Å². The smallest absolute Gasteiger partial charge is 0.326 e. The fourth-order valence-corrected chi connectivity index (χ4v) is 2.48. The van der Waals surface area contributed by atoms with Crippen molar-refractivity contribution in [1.29, 1.82) is 0 Å². The minimum atomic E-state index is -1.19. The van der Waals surface area contributed by atoms with E-state index in [-0.39, 0.29) is 18.6 Å². The van der Waals surface area contributed by atoms with Crippen LogP contribution in [0.25, 0.3) is 10.9 Å². The van der Waals surface area contributed by atoms with E-state index < -0.39 is 11.5 Å². The highest BCUT2D eigenvalue weighted by Gasteiger charge is 2.36. The molecule has 0 bridgehead atoms. The van der Waals surface area contributed by atoms with Crippen molar-refractivity contribution in [3.05, 3.63) is 36.0 Å². The zero-order valence-electron chi connectivity index (χ0n) is 12.3. The van der Waals surface area contributed by atoms with E-state index in [0.29, 0.717) is 6.42 Å². The second kappa shape index (κ2) is 6.10. The molecule has 0 radical (unpaired) electrons. The molecule has 21 heavy (non-hydrogen) atoms. The largest absolute Gasteiger partial charge is 0.468 e. The third kappa shape index (κ3) is 3.31. The molecule has 0 spiro atoms. The van der Waals surface area contributed by atoms with Gasteiger partial charge in [0.15, 0.2) is 0 Å². The Labute approximate surface area is 123 Å². The maximum Gasteiger partial charge on any atom is 0.326 e. The first-order valence-electron chi connectivity index (χ1n) is 6.88. The average molecular weight is 288 g/mol. The molecular formula is C16H20N2O3. The number of ether oxygens (including phenoxy) is 1. The van der Waals surface area contributed by atoms with Gasteiger partial charge in [-0.2, -0.15) is 0 Å². The number of Topliss-reactive ketones (excluding diaryl/α,β-unsaturated/α-hetero) is 1. The summed E-state index contributed by atoms with van der Waals surface area (Å²) >= 11 is 0. The van der Waals surface area contributed by atoms with Gasteiger partial charge in [-0.1, -0.05) is 18.2 Å². The van der Waals surface area contributed by atoms with Crippen LogP contribution in [0.3, 0.4) is 0 Å². The zero-order chi connectivity index (χ0) is 15.5. The van der Waals surface area contributed by atoms with Crippen LogP contribution in [0, 0.1) is 0 Å². The maximum atomic E-state index is 12.0. The lowest BCUT2D eigenvalue weighted by atomic mass is 9.86. The fraction of sp³-hybridized carbons (Fsp3) is 0.375. The molecule has 1 unspecified atom stereocenters. The molecule has 3 N–H and O–H groups in total. The number of carbonyl (C=O) groups is 2. The number of hydrogen-bond acceptors (Lipinski definition) is 4. The lowest BCUT2D eigenvalue weighted by molar-refractivity contribution is -0.147. The molecule has 0 saturated carbocycles. The number of H-pyrrole nitrogens is 1. The second-order valence-corrected chi connectivity index (χ2v) is 5.39. The summed E-state index contributed by atoms with van der Waals surface area (Å²) in [6.07, 6.45) is 2.71. The van der Waals surface area contributed by atoms with Gasteiger partial charge in [-0.15, -0.1) is 0 Å². The normalized spacial score (nSPS) is 13.9. The number of methoxy groups -OCH3 is 1. The van der Waals surface area contributed by atoms with Crippen LogP contribution in [0.1, 0.15) is 25.3 Å². The number of hydrogen-bond donors (Lipinski definition) is 2. The van der Waals surface area contributed by atoms with Gasteiger partial charge in [0.25, 0.3) is 0 Å². The van der Waals surface area contributed by atoms with Gasteiger partial charge in [0.05, 0.1) is 7.11 Å². The molecule has 5 heteroatoms. The summed E-state index contributed by atoms with van der Waals surface area (Å²) in [7, 11) is 1.31. The fourth-order valence-electron chi connectivity index (χ4n) is 2.48. The van der Waals surface area contributed by atoms with Gasteiger partial charge in [-0.3, -0.25) is 4.79 Å². The third-order valence-corrected chi connectivity index (χ3v) is 3.70. The van der Waals surface area contributed by atoms with Crippen LogP contribution in [0.4, 0.5) is 0 Å². The quantitative estimate of drug-likeness (QED) is 0.796. The Hall–Kier alpha value is -2.14. The van der Waals surface area contributed by atoms with Gasteiger partial charge < -0.3 is 20.2 Å². The van der Waals surface area contributed by atoms with Crippen molar-refractivity contribution in [2.45, 2.75) is 31.7 Å². The molecule has 0 aliphatic rings. The summed E-state index contributed by atoms with van der Waals surface area (Å²) in [6.45, 7) is 1.49. The number of fused-ring (bicyclic) bond motifs is 1. The van der Waals surface area contributed by atoms with E-state index in [1.165, 1.54) is 14.0 Å². The standard InChI is InChI=1S/C16H20N2O3/c1-11(19)7-8-16(17,15(20)21-2)9-12-10-18-14-6-4-3-5-13(12)14/h3-6,10,18H,7-9,17H2,1-2H3. The van der Waals surface area contributed by atoms with E-state index in [0.717, 1.165) is 16.5 Å². The predicted octanol–water partition coefficient (Wildman–Crippen LogP) is 1.95. The third-order valence-electron chi connectivity index (χ3n) is 3.70. The highest BCUT2D eigenvalue weighted by Crippen LogP contribution is 2.25. The number of aromatic amines is 1. The van der Waals surface area contributed by atoms with Crippen LogP contribution in [-0.2, 0) is 20.7 Å². The molecule has 0 fully saturated rings. The molecule has 112 valence electrons. The molecule has 1 heterocycles. The lowest BCUT2D eigenvalue weighted by Gasteiger charge is -2.26. The number of benzene rings is 1. The first kappa shape index (κ1) is 15.3. The second-order valence-electron chi connectivity index (χ2n) is 5.39. The molecule has 1 aromatic heterocycles. The van der Waals surface area contributed by atoms with Crippen LogP contribution in [0.15, 0.2) is 30.5 Å². The minimum Gasteiger partial charge on any atom is -0.468 e. The summed E-state index contributed by atoms with van der Waals surface area (Å²) < 4.78 is 4.82. The molecule has 1 aromatic carbocycles. The molecule has 0 amide bonds. The van der Waals surface area contributed by atoms with Crippen molar-refractivity contribution >= 4 is 22.7 Å². The summed E-state index contributed by atoms with van der Waals surface area (Å²) in [5.74, 6) is -0.485. The highest BCUT2D eigenvalue weighted by atomic mass is 16.5. The Morgan fingerprint density at radius 2 is 2.05 bits per heavy atom. The predicted molar refractivity (Wildman–Crippen MR) is 80.9 cm³/mol. The van der Waals surface area contributed by atoms with E-state index in [4.69, 9.17) is 10.5 Å². The minimum absolute atomic E-state index is 0.00709. The van der Waals surface area contributed by atoms with Crippen LogP contribution in [0.2, 0.25) is 0 Å². The Morgan fingerprint density at radius 1 is 1.33 bits per heavy atom. The molecule has 0 aliphatic heterocycles. The van der Waals surface area contributed by atoms with E-state index in [1.807, 2.05) is 30.5 Å². The van der Waals surface area contributed by atoms with Crippen molar-refractivity contribution in [1.82, 2.24) is 4.98 Å². The summed E-state index contributed by atoms with van der Waals surface area (Å²) in [4.78, 5) is 26.4. The Morgan fingerprint density at radius 3 is 2.71 bits per heavy atom. The van der Waals surface area contributed by atoms with Crippen LogP contribution < -0.4 is 5.73 Å². The molecule has 0 aliphatic carbocycles.